The van der Waals surface area contributed by atoms with Crippen molar-refractivity contribution in [1.82, 2.24) is 4.68 Å². The third kappa shape index (κ3) is 5.81. The van der Waals surface area contributed by atoms with Gasteiger partial charge in [-0.05, 0) is 53.6 Å². The Morgan fingerprint density at radius 1 is 1.14 bits per heavy atom. The van der Waals surface area contributed by atoms with Crippen LogP contribution in [0.25, 0.3) is 11.5 Å². The van der Waals surface area contributed by atoms with Crippen LogP contribution in [0, 0.1) is 0 Å². The largest absolute Gasteiger partial charge is 0.493 e. The van der Waals surface area contributed by atoms with Gasteiger partial charge in [0.25, 0.3) is 0 Å². The molecule has 0 radical (unpaired) electrons. The predicted molar refractivity (Wildman–Crippen MR) is 139 cm³/mol. The van der Waals surface area contributed by atoms with Gasteiger partial charge in [0.15, 0.2) is 17.3 Å². The lowest BCUT2D eigenvalue weighted by molar-refractivity contribution is 0.0600. The van der Waals surface area contributed by atoms with E-state index in [1.54, 1.807) is 42.5 Å². The molecule has 0 aliphatic heterocycles. The zero-order chi connectivity index (χ0) is 25.3. The van der Waals surface area contributed by atoms with Gasteiger partial charge < -0.3 is 18.6 Å². The van der Waals surface area contributed by atoms with Crippen LogP contribution in [0.1, 0.15) is 21.5 Å². The third-order valence-electron chi connectivity index (χ3n) is 5.09. The number of aromatic nitrogens is 1. The normalized spacial score (nSPS) is 11.6. The smallest absolute Gasteiger partial charge is 0.337 e. The molecule has 0 atom stereocenters. The molecule has 0 saturated heterocycles. The molecule has 2 aromatic carbocycles. The molecular formula is C27H25N3O5S. The van der Waals surface area contributed by atoms with Gasteiger partial charge in [0.1, 0.15) is 12.3 Å². The molecule has 0 aliphatic rings. The Morgan fingerprint density at radius 3 is 2.67 bits per heavy atom. The lowest BCUT2D eigenvalue weighted by Crippen LogP contribution is -2.12. The molecule has 9 heteroatoms. The van der Waals surface area contributed by atoms with Crippen molar-refractivity contribution >= 4 is 23.5 Å². The minimum Gasteiger partial charge on any atom is -0.493 e. The van der Waals surface area contributed by atoms with Crippen molar-refractivity contribution in [3.05, 3.63) is 100 Å². The maximum atomic E-state index is 11.6. The maximum Gasteiger partial charge on any atom is 0.337 e. The fourth-order valence-corrected chi connectivity index (χ4v) is 4.11. The van der Waals surface area contributed by atoms with Crippen LogP contribution < -0.4 is 14.3 Å². The van der Waals surface area contributed by atoms with Crippen LogP contribution in [0.2, 0.25) is 0 Å². The number of thiazole rings is 1. The second-order valence-corrected chi connectivity index (χ2v) is 8.29. The fraction of sp³-hybridized carbons (Fsp3) is 0.148. The highest BCUT2D eigenvalue weighted by Gasteiger charge is 2.11. The second kappa shape index (κ2) is 11.9. The molecule has 2 aromatic heterocycles. The van der Waals surface area contributed by atoms with E-state index in [0.29, 0.717) is 36.0 Å². The Morgan fingerprint density at radius 2 is 1.97 bits per heavy atom. The van der Waals surface area contributed by atoms with Crippen molar-refractivity contribution in [3.8, 4) is 23.0 Å². The first-order valence-electron chi connectivity index (χ1n) is 11.0. The summed E-state index contributed by atoms with van der Waals surface area (Å²) in [6.07, 6.45) is 5.08. The van der Waals surface area contributed by atoms with Crippen molar-refractivity contribution < 1.29 is 23.4 Å². The fourth-order valence-electron chi connectivity index (χ4n) is 3.28. The third-order valence-corrected chi connectivity index (χ3v) is 5.95. The average molecular weight is 504 g/mol. The first-order valence-corrected chi connectivity index (χ1v) is 11.9. The number of hydrogen-bond acceptors (Lipinski definition) is 8. The van der Waals surface area contributed by atoms with Crippen molar-refractivity contribution in [2.75, 3.05) is 20.8 Å². The molecular weight excluding hydrogens is 478 g/mol. The molecule has 4 rings (SSSR count). The van der Waals surface area contributed by atoms with E-state index < -0.39 is 0 Å². The summed E-state index contributed by atoms with van der Waals surface area (Å²) in [5, 5.41) is 6.60. The van der Waals surface area contributed by atoms with Crippen LogP contribution in [0.4, 0.5) is 0 Å². The van der Waals surface area contributed by atoms with Crippen molar-refractivity contribution in [1.29, 1.82) is 0 Å². The summed E-state index contributed by atoms with van der Waals surface area (Å²) in [5.41, 5.74) is 3.02. The Kier molecular flexibility index (Phi) is 8.15. The summed E-state index contributed by atoms with van der Waals surface area (Å²) in [5.74, 6) is 1.49. The topological polar surface area (TPSA) is 87.6 Å². The van der Waals surface area contributed by atoms with Crippen molar-refractivity contribution in [3.63, 3.8) is 0 Å². The minimum absolute atomic E-state index is 0.316. The first-order chi connectivity index (χ1) is 17.6. The summed E-state index contributed by atoms with van der Waals surface area (Å²) < 4.78 is 23.5. The monoisotopic (exact) mass is 503 g/mol. The molecule has 0 N–H and O–H groups in total. The van der Waals surface area contributed by atoms with Crippen LogP contribution in [-0.2, 0) is 11.3 Å². The van der Waals surface area contributed by atoms with Gasteiger partial charge >= 0.3 is 5.97 Å². The SMILES string of the molecule is C=CCN=c1scc(-c2ccco2)n1N=Cc1ccc(OCc2ccc(C(=O)OC)cc2)c(OC)c1. The average Bonchev–Trinajstić information content (AvgIpc) is 3.59. The number of hydrogen-bond donors (Lipinski definition) is 0. The first kappa shape index (κ1) is 24.7. The second-order valence-electron chi connectivity index (χ2n) is 7.45. The number of benzene rings is 2. The van der Waals surface area contributed by atoms with E-state index in [0.717, 1.165) is 21.6 Å². The van der Waals surface area contributed by atoms with Crippen LogP contribution in [0.15, 0.2) is 93.4 Å². The molecule has 0 saturated carbocycles. The van der Waals surface area contributed by atoms with Crippen molar-refractivity contribution in [2.24, 2.45) is 10.1 Å². The lowest BCUT2D eigenvalue weighted by Gasteiger charge is -2.11. The maximum absolute atomic E-state index is 11.6. The molecule has 4 aromatic rings. The molecule has 0 bridgehead atoms. The molecule has 0 amide bonds. The number of methoxy groups -OCH3 is 2. The number of esters is 1. The van der Waals surface area contributed by atoms with Crippen LogP contribution in [-0.4, -0.2) is 37.6 Å². The van der Waals surface area contributed by atoms with Gasteiger partial charge in [-0.1, -0.05) is 18.2 Å². The van der Waals surface area contributed by atoms with Gasteiger partial charge in [-0.25, -0.2) is 9.47 Å². The van der Waals surface area contributed by atoms with Crippen molar-refractivity contribution in [2.45, 2.75) is 6.61 Å². The van der Waals surface area contributed by atoms with Gasteiger partial charge in [0.05, 0.1) is 38.8 Å². The quantitative estimate of drug-likeness (QED) is 0.170. The van der Waals surface area contributed by atoms with Gasteiger partial charge in [-0.15, -0.1) is 17.9 Å². The molecule has 0 unspecified atom stereocenters. The Labute approximate surface area is 212 Å². The number of carbonyl (C=O) groups is 1. The Balaban J connectivity index is 1.53. The molecule has 2 heterocycles. The zero-order valence-corrected chi connectivity index (χ0v) is 20.7. The lowest BCUT2D eigenvalue weighted by atomic mass is 10.1. The van der Waals surface area contributed by atoms with Gasteiger partial charge in [-0.3, -0.25) is 4.99 Å². The van der Waals surface area contributed by atoms with Gasteiger partial charge in [-0.2, -0.15) is 5.10 Å². The minimum atomic E-state index is -0.375. The highest BCUT2D eigenvalue weighted by Crippen LogP contribution is 2.28. The number of furan rings is 1. The Hall–Kier alpha value is -4.37. The molecule has 0 fully saturated rings. The van der Waals surface area contributed by atoms with Crippen LogP contribution >= 0.6 is 11.3 Å². The zero-order valence-electron chi connectivity index (χ0n) is 19.9. The highest BCUT2D eigenvalue weighted by atomic mass is 32.1. The van der Waals surface area contributed by atoms with E-state index in [9.17, 15) is 4.79 Å². The van der Waals surface area contributed by atoms with E-state index in [1.807, 2.05) is 47.8 Å². The van der Waals surface area contributed by atoms with E-state index in [-0.39, 0.29) is 5.97 Å². The molecule has 0 spiro atoms. The highest BCUT2D eigenvalue weighted by molar-refractivity contribution is 7.07. The molecule has 184 valence electrons. The van der Waals surface area contributed by atoms with Gasteiger partial charge in [0, 0.05) is 5.38 Å². The summed E-state index contributed by atoms with van der Waals surface area (Å²) in [4.78, 5) is 16.8. The molecule has 36 heavy (non-hydrogen) atoms. The summed E-state index contributed by atoms with van der Waals surface area (Å²) in [6, 6.07) is 16.3. The van der Waals surface area contributed by atoms with E-state index in [1.165, 1.54) is 18.4 Å². The number of nitrogens with zero attached hydrogens (tertiary/aromatic N) is 3. The van der Waals surface area contributed by atoms with Gasteiger partial charge in [0.2, 0.25) is 4.80 Å². The summed E-state index contributed by atoms with van der Waals surface area (Å²) in [7, 11) is 2.94. The van der Waals surface area contributed by atoms with E-state index >= 15 is 0 Å². The molecule has 0 aliphatic carbocycles. The number of rotatable bonds is 10. The summed E-state index contributed by atoms with van der Waals surface area (Å²) in [6.45, 7) is 4.53. The summed E-state index contributed by atoms with van der Waals surface area (Å²) >= 11 is 1.47. The standard InChI is InChI=1S/C27H25N3O5S/c1-4-13-28-27-30(22(18-36-27)23-6-5-14-34-23)29-16-20-9-12-24(25(15-20)32-2)35-17-19-7-10-21(11-8-19)26(31)33-3/h4-12,14-16,18H,1,13,17H2,2-3H3. The number of carbonyl (C=O) groups excluding carboxylic acids is 1. The van der Waals surface area contributed by atoms with E-state index in [2.05, 4.69) is 16.7 Å². The van der Waals surface area contributed by atoms with E-state index in [4.69, 9.17) is 18.6 Å². The molecule has 8 nitrogen and oxygen atoms in total. The Bertz CT molecular complexity index is 1420. The van der Waals surface area contributed by atoms with Crippen LogP contribution in [0.5, 0.6) is 11.5 Å². The number of ether oxygens (including phenoxy) is 3. The predicted octanol–water partition coefficient (Wildman–Crippen LogP) is 5.15. The van der Waals surface area contributed by atoms with Crippen LogP contribution in [0.3, 0.4) is 0 Å².